The smallest absolute Gasteiger partial charge is 0.207 e. The summed E-state index contributed by atoms with van der Waals surface area (Å²) in [6.45, 7) is 11.6. The zero-order valence-electron chi connectivity index (χ0n) is 28.8. The molecule has 0 radical (unpaired) electrons. The number of hydrogen-bond acceptors (Lipinski definition) is 2. The van der Waals surface area contributed by atoms with E-state index in [2.05, 4.69) is 24.3 Å². The van der Waals surface area contributed by atoms with Gasteiger partial charge in [-0.2, -0.15) is 0 Å². The number of sulfone groups is 1. The second-order valence-corrected chi connectivity index (χ2v) is 15.1. The van der Waals surface area contributed by atoms with Crippen molar-refractivity contribution < 1.29 is 17.2 Å². The lowest BCUT2D eigenvalue weighted by molar-refractivity contribution is 0.594. The second kappa shape index (κ2) is 13.6. The molecule has 0 unspecified atom stereocenters. The highest BCUT2D eigenvalue weighted by Crippen LogP contribution is 2.36. The lowest BCUT2D eigenvalue weighted by Gasteiger charge is -2.19. The predicted octanol–water partition coefficient (Wildman–Crippen LogP) is 11.2. The average Bonchev–Trinajstić information content (AvgIpc) is 3.06. The first-order valence-electron chi connectivity index (χ1n) is 16.5. The van der Waals surface area contributed by atoms with Gasteiger partial charge in [0, 0.05) is 0 Å². The van der Waals surface area contributed by atoms with Crippen molar-refractivity contribution in [3.63, 3.8) is 0 Å². The Balaban J connectivity index is 1.44. The van der Waals surface area contributed by atoms with Gasteiger partial charge in [0.2, 0.25) is 9.84 Å². The molecule has 0 heterocycles. The summed E-state index contributed by atoms with van der Waals surface area (Å²) >= 11 is 0. The largest absolute Gasteiger partial charge is 0.218 e. The molecule has 49 heavy (non-hydrogen) atoms. The summed E-state index contributed by atoms with van der Waals surface area (Å²) in [7, 11) is -3.96. The molecule has 6 rings (SSSR count). The molecule has 248 valence electrons. The molecule has 6 aromatic rings. The molecule has 0 saturated heterocycles. The van der Waals surface area contributed by atoms with Crippen molar-refractivity contribution >= 4 is 9.84 Å². The molecule has 0 N–H and O–H groups in total. The van der Waals surface area contributed by atoms with E-state index >= 15 is 0 Å². The highest BCUT2D eigenvalue weighted by atomic mass is 32.2. The molecule has 0 aliphatic rings. The molecule has 0 atom stereocenters. The van der Waals surface area contributed by atoms with E-state index in [-0.39, 0.29) is 21.4 Å². The SMILES string of the molecule is Cc1cc(C)c(Cc2ccccc2S(=O)(=O)c2ccccc2Cc2c(C)cc(C)cc2-c2ccc(F)c(C)c2)c(-c2ccc(F)c(C)c2)c1. The van der Waals surface area contributed by atoms with E-state index in [4.69, 9.17) is 0 Å². The molecular formula is C44H40F2O2S. The predicted molar refractivity (Wildman–Crippen MR) is 196 cm³/mol. The van der Waals surface area contributed by atoms with Crippen molar-refractivity contribution in [1.82, 2.24) is 0 Å². The Kier molecular flexibility index (Phi) is 9.41. The van der Waals surface area contributed by atoms with Gasteiger partial charge in [-0.3, -0.25) is 0 Å². The van der Waals surface area contributed by atoms with E-state index < -0.39 is 9.84 Å². The van der Waals surface area contributed by atoms with Gasteiger partial charge >= 0.3 is 0 Å². The maximum absolute atomic E-state index is 14.7. The van der Waals surface area contributed by atoms with Gasteiger partial charge in [0.15, 0.2) is 0 Å². The number of aryl methyl sites for hydroxylation is 6. The fourth-order valence-corrected chi connectivity index (χ4v) is 8.65. The molecule has 0 aliphatic carbocycles. The number of benzene rings is 6. The van der Waals surface area contributed by atoms with E-state index in [0.717, 1.165) is 55.6 Å². The van der Waals surface area contributed by atoms with Crippen LogP contribution in [0.2, 0.25) is 0 Å². The van der Waals surface area contributed by atoms with Gasteiger partial charge in [0.1, 0.15) is 11.6 Å². The zero-order valence-corrected chi connectivity index (χ0v) is 29.6. The normalized spacial score (nSPS) is 11.6. The van der Waals surface area contributed by atoms with Gasteiger partial charge in [-0.05, 0) is 158 Å². The molecule has 2 nitrogen and oxygen atoms in total. The molecule has 0 bridgehead atoms. The van der Waals surface area contributed by atoms with Crippen LogP contribution in [-0.4, -0.2) is 8.42 Å². The van der Waals surface area contributed by atoms with Crippen LogP contribution in [0.3, 0.4) is 0 Å². The van der Waals surface area contributed by atoms with Crippen LogP contribution >= 0.6 is 0 Å². The van der Waals surface area contributed by atoms with E-state index in [1.165, 1.54) is 12.1 Å². The Bertz CT molecular complexity index is 2180. The van der Waals surface area contributed by atoms with E-state index in [9.17, 15) is 17.2 Å². The highest BCUT2D eigenvalue weighted by molar-refractivity contribution is 7.91. The third kappa shape index (κ3) is 6.86. The second-order valence-electron chi connectivity index (χ2n) is 13.2. The minimum Gasteiger partial charge on any atom is -0.218 e. The minimum atomic E-state index is -3.96. The average molecular weight is 671 g/mol. The summed E-state index contributed by atoms with van der Waals surface area (Å²) in [6, 6.07) is 33.1. The van der Waals surface area contributed by atoms with Crippen molar-refractivity contribution in [2.24, 2.45) is 0 Å². The Morgan fingerprint density at radius 2 is 0.857 bits per heavy atom. The summed E-state index contributed by atoms with van der Waals surface area (Å²) in [5, 5.41) is 0. The van der Waals surface area contributed by atoms with Crippen LogP contribution in [0, 0.1) is 53.2 Å². The Morgan fingerprint density at radius 3 is 1.24 bits per heavy atom. The monoisotopic (exact) mass is 670 g/mol. The van der Waals surface area contributed by atoms with Gasteiger partial charge in [-0.1, -0.05) is 83.9 Å². The van der Waals surface area contributed by atoms with Gasteiger partial charge in [0.25, 0.3) is 0 Å². The van der Waals surface area contributed by atoms with Gasteiger partial charge in [-0.15, -0.1) is 0 Å². The van der Waals surface area contributed by atoms with Crippen LogP contribution in [0.4, 0.5) is 8.78 Å². The van der Waals surface area contributed by atoms with Crippen LogP contribution in [0.15, 0.2) is 119 Å². The Morgan fingerprint density at radius 1 is 0.469 bits per heavy atom. The molecule has 5 heteroatoms. The van der Waals surface area contributed by atoms with Crippen molar-refractivity contribution in [1.29, 1.82) is 0 Å². The summed E-state index contributed by atoms with van der Waals surface area (Å²) in [5.41, 5.74) is 12.5. The standard InChI is InChI=1S/C44H40F2O2S/c1-27-19-29(3)37(39(21-27)33-15-17-41(45)31(5)23-33)25-35-11-7-9-13-43(35)49(47,48)44-14-10-8-12-36(44)26-38-30(4)20-28(2)22-40(38)34-16-18-42(46)32(6)24-34/h7-24H,25-26H2,1-6H3. The van der Waals surface area contributed by atoms with E-state index in [1.54, 1.807) is 50.2 Å². The minimum absolute atomic E-state index is 0.259. The van der Waals surface area contributed by atoms with Crippen LogP contribution in [0.5, 0.6) is 0 Å². The maximum Gasteiger partial charge on any atom is 0.207 e. The quantitative estimate of drug-likeness (QED) is 0.161. The fourth-order valence-electron chi connectivity index (χ4n) is 6.93. The van der Waals surface area contributed by atoms with Crippen LogP contribution in [0.25, 0.3) is 22.3 Å². The Hall–Kier alpha value is -4.87. The molecule has 0 amide bonds. The van der Waals surface area contributed by atoms with Crippen LogP contribution in [-0.2, 0) is 22.7 Å². The van der Waals surface area contributed by atoms with Gasteiger partial charge < -0.3 is 0 Å². The lowest BCUT2D eigenvalue weighted by atomic mass is 9.89. The first kappa shape index (κ1) is 34.0. The highest BCUT2D eigenvalue weighted by Gasteiger charge is 2.26. The first-order valence-corrected chi connectivity index (χ1v) is 18.0. The summed E-state index contributed by atoms with van der Waals surface area (Å²) in [5.74, 6) is -0.518. The van der Waals surface area contributed by atoms with Gasteiger partial charge in [0.05, 0.1) is 9.79 Å². The number of halogens is 2. The lowest BCUT2D eigenvalue weighted by Crippen LogP contribution is -2.10. The third-order valence-electron chi connectivity index (χ3n) is 9.43. The topological polar surface area (TPSA) is 34.1 Å². The van der Waals surface area contributed by atoms with Crippen molar-refractivity contribution in [3.8, 4) is 22.3 Å². The van der Waals surface area contributed by atoms with Crippen LogP contribution < -0.4 is 0 Å². The molecule has 0 aromatic heterocycles. The maximum atomic E-state index is 14.7. The van der Waals surface area contributed by atoms with Crippen molar-refractivity contribution in [3.05, 3.63) is 176 Å². The zero-order chi connectivity index (χ0) is 35.0. The van der Waals surface area contributed by atoms with Crippen molar-refractivity contribution in [2.45, 2.75) is 64.2 Å². The molecule has 0 spiro atoms. The summed E-state index contributed by atoms with van der Waals surface area (Å²) in [4.78, 5) is 0.525. The molecular weight excluding hydrogens is 631 g/mol. The molecule has 0 aliphatic heterocycles. The third-order valence-corrected chi connectivity index (χ3v) is 11.4. The number of hydrogen-bond donors (Lipinski definition) is 0. The Labute approximate surface area is 289 Å². The van der Waals surface area contributed by atoms with Gasteiger partial charge in [-0.25, -0.2) is 17.2 Å². The van der Waals surface area contributed by atoms with Crippen molar-refractivity contribution in [2.75, 3.05) is 0 Å². The van der Waals surface area contributed by atoms with Crippen LogP contribution in [0.1, 0.15) is 55.6 Å². The number of rotatable bonds is 8. The molecule has 6 aromatic carbocycles. The summed E-state index contributed by atoms with van der Waals surface area (Å²) < 4.78 is 57.9. The van der Waals surface area contributed by atoms with E-state index in [0.29, 0.717) is 35.1 Å². The fraction of sp³-hybridized carbons (Fsp3) is 0.182. The molecule has 0 saturated carbocycles. The molecule has 0 fully saturated rings. The first-order chi connectivity index (χ1) is 23.3. The van der Waals surface area contributed by atoms with E-state index in [1.807, 2.05) is 64.1 Å². The summed E-state index contributed by atoms with van der Waals surface area (Å²) in [6.07, 6.45) is 0.779.